The van der Waals surface area contributed by atoms with Crippen LogP contribution in [0.5, 0.6) is 0 Å². The van der Waals surface area contributed by atoms with Gasteiger partial charge in [0.25, 0.3) is 5.91 Å². The highest BCUT2D eigenvalue weighted by Crippen LogP contribution is 2.44. The molecule has 0 spiro atoms. The Morgan fingerprint density at radius 1 is 0.946 bits per heavy atom. The SMILES string of the molecule is CN(C)C(=O)c1cccc(Nc2ccc(Nc3ccc(CCC4CC5CCCC(C5)C4)cc3Cl)cc2)n1. The number of hydrogen-bond donors (Lipinski definition) is 2. The number of hydrogen-bond acceptors (Lipinski definition) is 4. The number of nitrogens with one attached hydrogen (secondary N) is 2. The fourth-order valence-corrected chi connectivity index (χ4v) is 6.33. The normalized spacial score (nSPS) is 20.8. The standard InChI is InChI=1S/C31H37ClN4O/c1-36(2)31(37)29-7-4-8-30(35-29)34-26-14-12-25(13-15-26)33-28-16-11-21(20-27(28)32)9-10-24-18-22-5-3-6-23(17-22)19-24/h4,7-8,11-16,20,22-24,33H,3,5-6,9-10,17-19H2,1-2H3,(H,34,35). The lowest BCUT2D eigenvalue weighted by atomic mass is 9.67. The van der Waals surface area contributed by atoms with Crippen LogP contribution in [0.3, 0.4) is 0 Å². The number of nitrogens with zero attached hydrogens (tertiary/aromatic N) is 2. The molecule has 0 radical (unpaired) electrons. The minimum absolute atomic E-state index is 0.123. The summed E-state index contributed by atoms with van der Waals surface area (Å²) < 4.78 is 0. The number of carbonyl (C=O) groups is 1. The van der Waals surface area contributed by atoms with Gasteiger partial charge in [-0.2, -0.15) is 0 Å². The van der Waals surface area contributed by atoms with Crippen LogP contribution >= 0.6 is 11.6 Å². The second-order valence-electron chi connectivity index (χ2n) is 11.0. The number of rotatable bonds is 8. The maximum atomic E-state index is 12.2. The van der Waals surface area contributed by atoms with Crippen molar-refractivity contribution < 1.29 is 4.79 Å². The van der Waals surface area contributed by atoms with Gasteiger partial charge in [-0.1, -0.05) is 43.0 Å². The summed E-state index contributed by atoms with van der Waals surface area (Å²) in [5, 5.41) is 7.46. The number of aromatic nitrogens is 1. The number of fused-ring (bicyclic) bond motifs is 2. The lowest BCUT2D eigenvalue weighted by molar-refractivity contribution is 0.0822. The molecular weight excluding hydrogens is 480 g/mol. The molecule has 2 saturated carbocycles. The molecule has 1 heterocycles. The predicted molar refractivity (Wildman–Crippen MR) is 153 cm³/mol. The summed E-state index contributed by atoms with van der Waals surface area (Å²) in [4.78, 5) is 18.1. The molecule has 0 aliphatic heterocycles. The molecule has 2 fully saturated rings. The Labute approximate surface area is 225 Å². The van der Waals surface area contributed by atoms with Crippen molar-refractivity contribution in [2.24, 2.45) is 17.8 Å². The van der Waals surface area contributed by atoms with Gasteiger partial charge in [0.05, 0.1) is 10.7 Å². The molecule has 6 heteroatoms. The molecule has 0 saturated heterocycles. The highest BCUT2D eigenvalue weighted by atomic mass is 35.5. The van der Waals surface area contributed by atoms with E-state index in [0.29, 0.717) is 11.5 Å². The van der Waals surface area contributed by atoms with E-state index in [1.807, 2.05) is 36.4 Å². The Bertz CT molecular complexity index is 1210. The lowest BCUT2D eigenvalue weighted by Gasteiger charge is -2.39. The second kappa shape index (κ2) is 11.6. The fraction of sp³-hybridized carbons (Fsp3) is 0.419. The average Bonchev–Trinajstić information content (AvgIpc) is 2.89. The molecule has 1 aromatic heterocycles. The van der Waals surface area contributed by atoms with E-state index in [9.17, 15) is 4.79 Å². The third-order valence-electron chi connectivity index (χ3n) is 7.91. The Morgan fingerprint density at radius 3 is 2.32 bits per heavy atom. The zero-order chi connectivity index (χ0) is 25.8. The molecule has 5 nitrogen and oxygen atoms in total. The van der Waals surface area contributed by atoms with Crippen LogP contribution in [0, 0.1) is 17.8 Å². The van der Waals surface area contributed by atoms with Crippen molar-refractivity contribution in [3.63, 3.8) is 0 Å². The van der Waals surface area contributed by atoms with Crippen molar-refractivity contribution in [1.82, 2.24) is 9.88 Å². The van der Waals surface area contributed by atoms with Gasteiger partial charge in [-0.05, 0) is 104 Å². The van der Waals surface area contributed by atoms with Crippen LogP contribution in [-0.4, -0.2) is 29.9 Å². The number of carbonyl (C=O) groups excluding carboxylic acids is 1. The van der Waals surface area contributed by atoms with Gasteiger partial charge in [0.15, 0.2) is 0 Å². The summed E-state index contributed by atoms with van der Waals surface area (Å²) in [5.74, 6) is 3.37. The summed E-state index contributed by atoms with van der Waals surface area (Å²) in [5.41, 5.74) is 4.50. The van der Waals surface area contributed by atoms with Crippen molar-refractivity contribution in [2.45, 2.75) is 51.4 Å². The average molecular weight is 517 g/mol. The van der Waals surface area contributed by atoms with Crippen LogP contribution in [0.25, 0.3) is 0 Å². The van der Waals surface area contributed by atoms with Crippen molar-refractivity contribution in [3.05, 3.63) is 76.9 Å². The van der Waals surface area contributed by atoms with E-state index < -0.39 is 0 Å². The van der Waals surface area contributed by atoms with Crippen LogP contribution in [0.2, 0.25) is 5.02 Å². The molecule has 3 aromatic rings. The van der Waals surface area contributed by atoms with Gasteiger partial charge in [0, 0.05) is 25.5 Å². The molecule has 2 aliphatic carbocycles. The van der Waals surface area contributed by atoms with Gasteiger partial charge >= 0.3 is 0 Å². The minimum Gasteiger partial charge on any atom is -0.354 e. The maximum Gasteiger partial charge on any atom is 0.272 e. The Hall–Kier alpha value is -3.05. The van der Waals surface area contributed by atoms with Gasteiger partial charge in [0.1, 0.15) is 11.5 Å². The van der Waals surface area contributed by atoms with Crippen LogP contribution in [0.15, 0.2) is 60.7 Å². The highest BCUT2D eigenvalue weighted by Gasteiger charge is 2.31. The lowest BCUT2D eigenvalue weighted by Crippen LogP contribution is -2.27. The molecule has 2 unspecified atom stereocenters. The highest BCUT2D eigenvalue weighted by molar-refractivity contribution is 6.33. The second-order valence-corrected chi connectivity index (χ2v) is 11.4. The van der Waals surface area contributed by atoms with Gasteiger partial charge < -0.3 is 15.5 Å². The third-order valence-corrected chi connectivity index (χ3v) is 8.22. The van der Waals surface area contributed by atoms with Crippen molar-refractivity contribution in [1.29, 1.82) is 0 Å². The summed E-state index contributed by atoms with van der Waals surface area (Å²) in [6, 6.07) is 19.8. The van der Waals surface area contributed by atoms with Gasteiger partial charge in [-0.15, -0.1) is 0 Å². The first kappa shape index (κ1) is 25.6. The van der Waals surface area contributed by atoms with E-state index in [2.05, 4.69) is 33.8 Å². The third kappa shape index (κ3) is 6.64. The number of aryl methyl sites for hydroxylation is 1. The predicted octanol–water partition coefficient (Wildman–Crippen LogP) is 8.07. The number of pyridine rings is 1. The van der Waals surface area contributed by atoms with Crippen molar-refractivity contribution in [3.8, 4) is 0 Å². The van der Waals surface area contributed by atoms with E-state index in [1.54, 1.807) is 20.2 Å². The van der Waals surface area contributed by atoms with Crippen LogP contribution in [-0.2, 0) is 6.42 Å². The Morgan fingerprint density at radius 2 is 1.65 bits per heavy atom. The molecule has 2 aliphatic rings. The van der Waals surface area contributed by atoms with E-state index in [4.69, 9.17) is 11.6 Å². The molecule has 1 amide bonds. The van der Waals surface area contributed by atoms with Gasteiger partial charge in [0.2, 0.25) is 0 Å². The molecule has 2 bridgehead atoms. The van der Waals surface area contributed by atoms with Crippen molar-refractivity contribution in [2.75, 3.05) is 24.7 Å². The van der Waals surface area contributed by atoms with Gasteiger partial charge in [-0.25, -0.2) is 4.98 Å². The quantitative estimate of drug-likeness (QED) is 0.318. The van der Waals surface area contributed by atoms with E-state index >= 15 is 0 Å². The number of benzene rings is 2. The number of halogens is 1. The topological polar surface area (TPSA) is 57.3 Å². The summed E-state index contributed by atoms with van der Waals surface area (Å²) >= 11 is 6.67. The number of anilines is 4. The molecule has 194 valence electrons. The number of amides is 1. The first-order valence-corrected chi connectivity index (χ1v) is 13.9. The molecule has 5 rings (SSSR count). The van der Waals surface area contributed by atoms with Gasteiger partial charge in [-0.3, -0.25) is 4.79 Å². The van der Waals surface area contributed by atoms with Crippen molar-refractivity contribution >= 4 is 40.4 Å². The Kier molecular flexibility index (Phi) is 7.99. The maximum absolute atomic E-state index is 12.2. The molecular formula is C31H37ClN4O. The fourth-order valence-electron chi connectivity index (χ4n) is 6.08. The molecule has 2 aromatic carbocycles. The molecule has 2 atom stereocenters. The van der Waals surface area contributed by atoms with Crippen LogP contribution in [0.1, 0.15) is 61.0 Å². The monoisotopic (exact) mass is 516 g/mol. The van der Waals surface area contributed by atoms with E-state index in [0.717, 1.165) is 46.3 Å². The Balaban J connectivity index is 1.15. The minimum atomic E-state index is -0.123. The molecule has 2 N–H and O–H groups in total. The summed E-state index contributed by atoms with van der Waals surface area (Å²) in [6.45, 7) is 0. The smallest absolute Gasteiger partial charge is 0.272 e. The van der Waals surface area contributed by atoms with E-state index in [-0.39, 0.29) is 5.91 Å². The summed E-state index contributed by atoms with van der Waals surface area (Å²) in [7, 11) is 3.44. The van der Waals surface area contributed by atoms with E-state index in [1.165, 1.54) is 55.4 Å². The van der Waals surface area contributed by atoms with Crippen LogP contribution in [0.4, 0.5) is 22.9 Å². The summed E-state index contributed by atoms with van der Waals surface area (Å²) in [6.07, 6.45) is 11.1. The first-order chi connectivity index (χ1) is 17.9. The zero-order valence-electron chi connectivity index (χ0n) is 21.8. The zero-order valence-corrected chi connectivity index (χ0v) is 22.6. The molecule has 37 heavy (non-hydrogen) atoms. The first-order valence-electron chi connectivity index (χ1n) is 13.5. The largest absolute Gasteiger partial charge is 0.354 e. The van der Waals surface area contributed by atoms with Crippen LogP contribution < -0.4 is 10.6 Å².